The fraction of sp³-hybridized carbons (Fsp3) is 0.615. The summed E-state index contributed by atoms with van der Waals surface area (Å²) in [6.45, 7) is -0.386. The minimum Gasteiger partial charge on any atom is -0.368 e. The van der Waals surface area contributed by atoms with Gasteiger partial charge in [0, 0.05) is 6.04 Å². The van der Waals surface area contributed by atoms with E-state index in [1.165, 1.54) is 0 Å². The van der Waals surface area contributed by atoms with E-state index in [1.807, 2.05) is 0 Å². The summed E-state index contributed by atoms with van der Waals surface area (Å²) in [7, 11) is -10.1. The van der Waals surface area contributed by atoms with Gasteiger partial charge in [0.05, 0.1) is 19.0 Å². The lowest BCUT2D eigenvalue weighted by Crippen LogP contribution is -2.16. The third-order valence-electron chi connectivity index (χ3n) is 4.39. The zero-order valence-electron chi connectivity index (χ0n) is 15.0. The van der Waals surface area contributed by atoms with Crippen LogP contribution in [0.15, 0.2) is 6.33 Å². The van der Waals surface area contributed by atoms with Crippen LogP contribution in [-0.2, 0) is 22.7 Å². The summed E-state index contributed by atoms with van der Waals surface area (Å²) >= 11 is 0. The Morgan fingerprint density at radius 3 is 2.69 bits per heavy atom. The fourth-order valence-corrected chi connectivity index (χ4v) is 4.63. The van der Waals surface area contributed by atoms with Crippen molar-refractivity contribution in [1.29, 1.82) is 0 Å². The Labute approximate surface area is 164 Å². The van der Waals surface area contributed by atoms with E-state index in [1.54, 1.807) is 10.9 Å². The van der Waals surface area contributed by atoms with Crippen molar-refractivity contribution in [3.05, 3.63) is 6.33 Å². The first kappa shape index (κ1) is 20.6. The van der Waals surface area contributed by atoms with Crippen molar-refractivity contribution in [3.8, 4) is 0 Å². The standard InChI is InChI=1S/C13H20N6O8P2/c14-13-17-11(16-7-1-2-7)10-12(18-13)19(6-15-10)9-4-3-8(26-9)5-25-29(23,24)27-28(20,21)22/h6-9H,1-5H2,(H,23,24)(H2,20,21,22)(H3,14,16,17,18)/t8-,9+/m0/s1. The molecule has 3 heterocycles. The number of hydrogen-bond donors (Lipinski definition) is 5. The van der Waals surface area contributed by atoms with E-state index in [4.69, 9.17) is 20.3 Å². The first-order valence-electron chi connectivity index (χ1n) is 8.76. The number of nitrogens with zero attached hydrogens (tertiary/aromatic N) is 4. The minimum atomic E-state index is -5.17. The second-order valence-electron chi connectivity index (χ2n) is 6.80. The zero-order chi connectivity index (χ0) is 20.8. The Kier molecular flexibility index (Phi) is 5.38. The molecule has 0 bridgehead atoms. The second-order valence-corrected chi connectivity index (χ2v) is 9.63. The van der Waals surface area contributed by atoms with Crippen LogP contribution in [0.5, 0.6) is 0 Å². The summed E-state index contributed by atoms with van der Waals surface area (Å²) in [5.41, 5.74) is 6.87. The summed E-state index contributed by atoms with van der Waals surface area (Å²) < 4.78 is 38.1. The quantitative estimate of drug-likeness (QED) is 0.355. The van der Waals surface area contributed by atoms with Crippen molar-refractivity contribution in [2.45, 2.75) is 44.1 Å². The molecule has 0 radical (unpaired) electrons. The molecule has 2 aliphatic rings. The Hall–Kier alpha value is -1.63. The Morgan fingerprint density at radius 1 is 1.24 bits per heavy atom. The van der Waals surface area contributed by atoms with Gasteiger partial charge in [0.25, 0.3) is 0 Å². The molecule has 0 spiro atoms. The van der Waals surface area contributed by atoms with Crippen LogP contribution in [0.2, 0.25) is 0 Å². The van der Waals surface area contributed by atoms with Crippen LogP contribution in [0.1, 0.15) is 31.9 Å². The van der Waals surface area contributed by atoms with Crippen LogP contribution in [0.4, 0.5) is 11.8 Å². The van der Waals surface area contributed by atoms with Gasteiger partial charge in [-0.1, -0.05) is 0 Å². The van der Waals surface area contributed by atoms with Crippen molar-refractivity contribution >= 4 is 38.6 Å². The van der Waals surface area contributed by atoms with Gasteiger partial charge in [0.1, 0.15) is 6.23 Å². The average molecular weight is 450 g/mol. The second kappa shape index (κ2) is 7.56. The molecule has 160 valence electrons. The topological polar surface area (TPSA) is 204 Å². The maximum absolute atomic E-state index is 11.5. The molecule has 2 aromatic rings. The molecule has 14 nitrogen and oxygen atoms in total. The summed E-state index contributed by atoms with van der Waals surface area (Å²) in [5.74, 6) is 0.651. The van der Waals surface area contributed by atoms with Crippen LogP contribution in [0.25, 0.3) is 11.2 Å². The number of imidazole rings is 1. The highest BCUT2D eigenvalue weighted by Gasteiger charge is 2.35. The molecule has 6 N–H and O–H groups in total. The van der Waals surface area contributed by atoms with Crippen LogP contribution >= 0.6 is 15.6 Å². The van der Waals surface area contributed by atoms with Gasteiger partial charge < -0.3 is 30.5 Å². The van der Waals surface area contributed by atoms with Gasteiger partial charge in [-0.05, 0) is 25.7 Å². The number of rotatable bonds is 8. The van der Waals surface area contributed by atoms with Gasteiger partial charge in [0.2, 0.25) is 5.95 Å². The van der Waals surface area contributed by atoms with Gasteiger partial charge in [0.15, 0.2) is 17.0 Å². The van der Waals surface area contributed by atoms with Crippen LogP contribution in [0.3, 0.4) is 0 Å². The molecule has 2 fully saturated rings. The molecule has 1 saturated heterocycles. The number of nitrogens with one attached hydrogen (secondary N) is 1. The highest BCUT2D eigenvalue weighted by atomic mass is 31.3. The van der Waals surface area contributed by atoms with Crippen molar-refractivity contribution in [3.63, 3.8) is 0 Å². The van der Waals surface area contributed by atoms with Crippen molar-refractivity contribution in [2.24, 2.45) is 0 Å². The number of fused-ring (bicyclic) bond motifs is 1. The minimum absolute atomic E-state index is 0.0936. The lowest BCUT2D eigenvalue weighted by atomic mass is 10.2. The first-order chi connectivity index (χ1) is 13.6. The van der Waals surface area contributed by atoms with Crippen molar-refractivity contribution in [2.75, 3.05) is 17.7 Å². The molecular weight excluding hydrogens is 430 g/mol. The maximum Gasteiger partial charge on any atom is 0.481 e. The van der Waals surface area contributed by atoms with E-state index in [-0.39, 0.29) is 12.6 Å². The number of nitrogens with two attached hydrogens (primary N) is 1. The molecule has 2 aromatic heterocycles. The fourth-order valence-electron chi connectivity index (χ4n) is 3.02. The monoisotopic (exact) mass is 450 g/mol. The molecule has 29 heavy (non-hydrogen) atoms. The SMILES string of the molecule is Nc1nc(NC2CC2)c2ncn([C@H]3CC[C@@H](COP(=O)(O)OP(=O)(O)O)O3)c2n1. The number of phosphoric acid groups is 2. The van der Waals surface area contributed by atoms with Crippen LogP contribution < -0.4 is 11.1 Å². The van der Waals surface area contributed by atoms with Gasteiger partial charge in [-0.15, -0.1) is 0 Å². The summed E-state index contributed by atoms with van der Waals surface area (Å²) in [6.07, 6.45) is 3.59. The third-order valence-corrected chi connectivity index (χ3v) is 6.54. The number of aromatic nitrogens is 4. The number of ether oxygens (including phenoxy) is 1. The largest absolute Gasteiger partial charge is 0.481 e. The molecular formula is C13H20N6O8P2. The maximum atomic E-state index is 11.5. The highest BCUT2D eigenvalue weighted by molar-refractivity contribution is 7.60. The molecule has 0 aromatic carbocycles. The predicted molar refractivity (Wildman–Crippen MR) is 98.4 cm³/mol. The van der Waals surface area contributed by atoms with E-state index in [0.717, 1.165) is 12.8 Å². The van der Waals surface area contributed by atoms with Crippen LogP contribution in [0, 0.1) is 0 Å². The molecule has 0 amide bonds. The smallest absolute Gasteiger partial charge is 0.368 e. The van der Waals surface area contributed by atoms with E-state index in [2.05, 4.69) is 29.1 Å². The summed E-state index contributed by atoms with van der Waals surface area (Å²) in [5, 5.41) is 3.26. The normalized spacial score (nSPS) is 24.7. The predicted octanol–water partition coefficient (Wildman–Crippen LogP) is 0.887. The Morgan fingerprint density at radius 2 is 2.00 bits per heavy atom. The van der Waals surface area contributed by atoms with Gasteiger partial charge in [-0.2, -0.15) is 14.3 Å². The van der Waals surface area contributed by atoms with E-state index < -0.39 is 28.0 Å². The highest BCUT2D eigenvalue weighted by Crippen LogP contribution is 2.57. The van der Waals surface area contributed by atoms with E-state index in [0.29, 0.717) is 35.9 Å². The molecule has 1 unspecified atom stereocenters. The Bertz CT molecular complexity index is 1010. The van der Waals surface area contributed by atoms with Gasteiger partial charge >= 0.3 is 15.6 Å². The lowest BCUT2D eigenvalue weighted by molar-refractivity contribution is -0.0205. The van der Waals surface area contributed by atoms with Crippen molar-refractivity contribution < 1.29 is 37.4 Å². The van der Waals surface area contributed by atoms with Crippen LogP contribution in [-0.4, -0.2) is 53.0 Å². The van der Waals surface area contributed by atoms with E-state index in [9.17, 15) is 14.0 Å². The molecule has 4 rings (SSSR count). The first-order valence-corrected chi connectivity index (χ1v) is 11.8. The Balaban J connectivity index is 1.44. The molecule has 3 atom stereocenters. The molecule has 16 heteroatoms. The molecule has 1 saturated carbocycles. The van der Waals surface area contributed by atoms with Gasteiger partial charge in [-0.25, -0.2) is 14.1 Å². The number of nitrogen functional groups attached to an aromatic ring is 1. The summed E-state index contributed by atoms with van der Waals surface area (Å²) in [4.78, 5) is 39.4. The third kappa shape index (κ3) is 5.11. The zero-order valence-corrected chi connectivity index (χ0v) is 16.8. The van der Waals surface area contributed by atoms with Gasteiger partial charge in [-0.3, -0.25) is 9.09 Å². The number of anilines is 2. The molecule has 1 aliphatic carbocycles. The van der Waals surface area contributed by atoms with Crippen molar-refractivity contribution in [1.82, 2.24) is 19.5 Å². The number of hydrogen-bond acceptors (Lipinski definition) is 10. The number of phosphoric ester groups is 1. The average Bonchev–Trinajstić information content (AvgIpc) is 3.12. The summed E-state index contributed by atoms with van der Waals surface area (Å²) in [6, 6.07) is 0.353. The van der Waals surface area contributed by atoms with E-state index >= 15 is 0 Å². The molecule has 1 aliphatic heterocycles. The lowest BCUT2D eigenvalue weighted by Gasteiger charge is -2.17.